The zero-order valence-corrected chi connectivity index (χ0v) is 20.0. The highest BCUT2D eigenvalue weighted by atomic mass is 35.5. The predicted octanol–water partition coefficient (Wildman–Crippen LogP) is 3.34. The van der Waals surface area contributed by atoms with Gasteiger partial charge in [-0.15, -0.1) is 0 Å². The zero-order chi connectivity index (χ0) is 22.9. The van der Waals surface area contributed by atoms with Crippen molar-refractivity contribution < 1.29 is 27.6 Å². The third-order valence-electron chi connectivity index (χ3n) is 6.43. The van der Waals surface area contributed by atoms with Gasteiger partial charge >= 0.3 is 7.82 Å². The van der Waals surface area contributed by atoms with Crippen LogP contribution in [0, 0.1) is 11.3 Å². The summed E-state index contributed by atoms with van der Waals surface area (Å²) in [6.45, 7) is 7.85. The number of aromatic nitrogens is 4. The molecule has 176 valence electrons. The first-order valence-electron chi connectivity index (χ1n) is 10.7. The lowest BCUT2D eigenvalue weighted by molar-refractivity contribution is -0.162. The highest BCUT2D eigenvalue weighted by Crippen LogP contribution is 2.72. The molecule has 1 aliphatic heterocycles. The molecule has 3 fully saturated rings. The summed E-state index contributed by atoms with van der Waals surface area (Å²) in [6.07, 6.45) is 1.93. The number of phosphoric ester groups is 1. The Hall–Kier alpha value is -1.33. The number of hydrogen-bond donors (Lipinski definition) is 1. The molecule has 11 nitrogen and oxygen atoms in total. The molecule has 5 rings (SSSR count). The first-order chi connectivity index (χ1) is 15.1. The van der Waals surface area contributed by atoms with Gasteiger partial charge in [-0.2, -0.15) is 9.97 Å². The topological polar surface area (TPSA) is 133 Å². The minimum atomic E-state index is -3.66. The number of nitrogens with two attached hydrogens (primary N) is 1. The highest BCUT2D eigenvalue weighted by molar-refractivity contribution is 7.48. The fraction of sp³-hybridized carbons (Fsp3) is 0.737. The Morgan fingerprint density at radius 1 is 1.25 bits per heavy atom. The molecule has 0 spiro atoms. The van der Waals surface area contributed by atoms with Gasteiger partial charge in [0.15, 0.2) is 17.3 Å². The molecule has 13 heteroatoms. The quantitative estimate of drug-likeness (QED) is 0.436. The van der Waals surface area contributed by atoms with Crippen molar-refractivity contribution in [2.45, 2.75) is 58.2 Å². The summed E-state index contributed by atoms with van der Waals surface area (Å²) in [5.41, 5.74) is 6.62. The molecule has 5 atom stereocenters. The van der Waals surface area contributed by atoms with E-state index in [0.717, 1.165) is 6.42 Å². The van der Waals surface area contributed by atoms with Crippen LogP contribution in [-0.4, -0.2) is 57.3 Å². The Kier molecular flexibility index (Phi) is 5.33. The van der Waals surface area contributed by atoms with Crippen LogP contribution in [0.4, 0.5) is 5.82 Å². The summed E-state index contributed by atoms with van der Waals surface area (Å²) >= 11 is 6.07. The largest absolute Gasteiger partial charge is 0.474 e. The number of fused-ring (bicyclic) bond motifs is 4. The molecule has 3 heterocycles. The maximum Gasteiger partial charge on any atom is 0.474 e. The van der Waals surface area contributed by atoms with Gasteiger partial charge in [-0.05, 0) is 51.6 Å². The van der Waals surface area contributed by atoms with Gasteiger partial charge in [0.2, 0.25) is 5.28 Å². The lowest BCUT2D eigenvalue weighted by atomic mass is 10.0. The van der Waals surface area contributed by atoms with E-state index in [0.29, 0.717) is 11.2 Å². The Balaban J connectivity index is 1.49. The first kappa shape index (κ1) is 22.5. The van der Waals surface area contributed by atoms with E-state index in [2.05, 4.69) is 15.0 Å². The molecule has 1 saturated heterocycles. The van der Waals surface area contributed by atoms with Crippen LogP contribution in [-0.2, 0) is 27.6 Å². The Morgan fingerprint density at radius 2 is 1.97 bits per heavy atom. The van der Waals surface area contributed by atoms with Gasteiger partial charge in [-0.1, -0.05) is 0 Å². The maximum atomic E-state index is 12.9. The average Bonchev–Trinajstić information content (AvgIpc) is 2.96. The molecule has 0 unspecified atom stereocenters. The number of phosphoric acid groups is 1. The van der Waals surface area contributed by atoms with E-state index in [1.807, 2.05) is 18.4 Å². The van der Waals surface area contributed by atoms with Crippen LogP contribution in [0.2, 0.25) is 5.28 Å². The van der Waals surface area contributed by atoms with Crippen molar-refractivity contribution in [3.8, 4) is 0 Å². The number of anilines is 1. The van der Waals surface area contributed by atoms with Crippen molar-refractivity contribution >= 4 is 36.4 Å². The van der Waals surface area contributed by atoms with Crippen molar-refractivity contribution in [2.75, 3.05) is 25.6 Å². The summed E-state index contributed by atoms with van der Waals surface area (Å²) in [6, 6.07) is -0.140. The molecule has 32 heavy (non-hydrogen) atoms. The predicted molar refractivity (Wildman–Crippen MR) is 115 cm³/mol. The van der Waals surface area contributed by atoms with Gasteiger partial charge in [-0.25, -0.2) is 9.55 Å². The number of halogens is 1. The van der Waals surface area contributed by atoms with Crippen molar-refractivity contribution in [1.29, 1.82) is 0 Å². The molecule has 2 aliphatic carbocycles. The summed E-state index contributed by atoms with van der Waals surface area (Å²) < 4.78 is 43.9. The van der Waals surface area contributed by atoms with Gasteiger partial charge in [0.25, 0.3) is 0 Å². The SMILES string of the molecule is CCOP(=O)(OCC)OC[C@@]12C[C@@H]1[C@@H](n1cnc3c(N)nc(Cl)nc31)[C@@H]1OC(C)(C)O[C@@H]12. The lowest BCUT2D eigenvalue weighted by Crippen LogP contribution is -2.33. The van der Waals surface area contributed by atoms with Gasteiger partial charge in [-0.3, -0.25) is 13.6 Å². The summed E-state index contributed by atoms with van der Waals surface area (Å²) in [5, 5.41) is 0.0509. The standard InChI is InChI=1S/C19H27ClN5O6P/c1-5-27-32(26,28-6-2)29-8-19-7-10(19)12(13-14(19)31-18(3,4)30-13)25-9-22-11-15(21)23-17(20)24-16(11)25/h9-10,12-14H,5-8H2,1-4H3,(H2,21,23,24)/t10-,12-,13+,14+,19+/m1/s1. The van der Waals surface area contributed by atoms with Gasteiger partial charge < -0.3 is 19.8 Å². The van der Waals surface area contributed by atoms with Gasteiger partial charge in [0.1, 0.15) is 11.6 Å². The van der Waals surface area contributed by atoms with Crippen LogP contribution in [0.3, 0.4) is 0 Å². The third-order valence-corrected chi connectivity index (χ3v) is 8.19. The van der Waals surface area contributed by atoms with Crippen molar-refractivity contribution in [1.82, 2.24) is 19.5 Å². The third kappa shape index (κ3) is 3.46. The molecule has 2 saturated carbocycles. The molecule has 0 amide bonds. The first-order valence-corrected chi connectivity index (χ1v) is 12.5. The number of ether oxygens (including phenoxy) is 2. The van der Waals surface area contributed by atoms with E-state index in [1.165, 1.54) is 0 Å². The van der Waals surface area contributed by atoms with E-state index in [9.17, 15) is 4.57 Å². The second-order valence-electron chi connectivity index (χ2n) is 8.81. The van der Waals surface area contributed by atoms with Crippen LogP contribution >= 0.6 is 19.4 Å². The minimum absolute atomic E-state index is 0.0509. The van der Waals surface area contributed by atoms with E-state index in [1.54, 1.807) is 20.2 Å². The summed E-state index contributed by atoms with van der Waals surface area (Å²) in [5.74, 6) is -0.436. The van der Waals surface area contributed by atoms with E-state index >= 15 is 0 Å². The molecule has 0 bridgehead atoms. The number of hydrogen-bond acceptors (Lipinski definition) is 10. The molecule has 2 aromatic rings. The van der Waals surface area contributed by atoms with Crippen LogP contribution in [0.15, 0.2) is 6.33 Å². The molecule has 2 aromatic heterocycles. The molecular formula is C19H27ClN5O6P. The normalized spacial score (nSPS) is 32.9. The molecule has 0 aromatic carbocycles. The zero-order valence-electron chi connectivity index (χ0n) is 18.4. The lowest BCUT2D eigenvalue weighted by Gasteiger charge is -2.25. The fourth-order valence-electron chi connectivity index (χ4n) is 5.21. The monoisotopic (exact) mass is 487 g/mol. The number of nitrogen functional groups attached to an aromatic ring is 1. The van der Waals surface area contributed by atoms with Crippen LogP contribution in [0.1, 0.15) is 40.2 Å². The van der Waals surface area contributed by atoms with Crippen LogP contribution in [0.5, 0.6) is 0 Å². The van der Waals surface area contributed by atoms with Gasteiger partial charge in [0, 0.05) is 5.41 Å². The maximum absolute atomic E-state index is 12.9. The smallest absolute Gasteiger partial charge is 0.382 e. The van der Waals surface area contributed by atoms with Gasteiger partial charge in [0.05, 0.1) is 38.3 Å². The Morgan fingerprint density at radius 3 is 2.66 bits per heavy atom. The van der Waals surface area contributed by atoms with Crippen LogP contribution in [0.25, 0.3) is 11.2 Å². The van der Waals surface area contributed by atoms with E-state index in [4.69, 9.17) is 40.4 Å². The Bertz CT molecular complexity index is 1090. The second kappa shape index (κ2) is 7.59. The average molecular weight is 488 g/mol. The molecule has 2 N–H and O–H groups in total. The highest BCUT2D eigenvalue weighted by Gasteiger charge is 2.76. The molecular weight excluding hydrogens is 461 g/mol. The second-order valence-corrected chi connectivity index (χ2v) is 10.8. The molecule has 0 radical (unpaired) electrons. The number of imidazole rings is 1. The molecule has 3 aliphatic rings. The van der Waals surface area contributed by atoms with Crippen LogP contribution < -0.4 is 5.73 Å². The fourth-order valence-corrected chi connectivity index (χ4v) is 6.63. The van der Waals surface area contributed by atoms with Crippen molar-refractivity contribution in [2.24, 2.45) is 11.3 Å². The summed E-state index contributed by atoms with van der Waals surface area (Å²) in [7, 11) is -3.66. The minimum Gasteiger partial charge on any atom is -0.382 e. The number of nitrogens with zero attached hydrogens (tertiary/aromatic N) is 4. The Labute approximate surface area is 190 Å². The van der Waals surface area contributed by atoms with Crippen molar-refractivity contribution in [3.63, 3.8) is 0 Å². The van der Waals surface area contributed by atoms with Crippen molar-refractivity contribution in [3.05, 3.63) is 11.6 Å². The van der Waals surface area contributed by atoms with E-state index in [-0.39, 0.29) is 55.1 Å². The number of rotatable bonds is 8. The summed E-state index contributed by atoms with van der Waals surface area (Å²) in [4.78, 5) is 12.8. The van der Waals surface area contributed by atoms with E-state index < -0.39 is 19.0 Å².